The van der Waals surface area contributed by atoms with Gasteiger partial charge in [-0.2, -0.15) is 0 Å². The van der Waals surface area contributed by atoms with Crippen LogP contribution in [0.2, 0.25) is 18.1 Å². The first-order chi connectivity index (χ1) is 8.72. The molecule has 4 heteroatoms. The Balaban J connectivity index is 2.09. The molecule has 19 heavy (non-hydrogen) atoms. The molecule has 0 aromatic heterocycles. The summed E-state index contributed by atoms with van der Waals surface area (Å²) in [5.74, 6) is -0.184. The Bertz CT molecular complexity index is 340. The number of rotatable bonds is 7. The monoisotopic (exact) mass is 284 g/mol. The molecular formula is C15H28O3Si. The smallest absolute Gasteiger partial charge is 0.331 e. The summed E-state index contributed by atoms with van der Waals surface area (Å²) in [7, 11) is -1.58. The molecule has 1 aliphatic heterocycles. The van der Waals surface area contributed by atoms with Crippen LogP contribution in [0.15, 0.2) is 11.6 Å². The maximum atomic E-state index is 10.9. The second kappa shape index (κ2) is 6.71. The summed E-state index contributed by atoms with van der Waals surface area (Å²) in [5, 5.41) is 0.291. The van der Waals surface area contributed by atoms with Crippen LogP contribution in [-0.2, 0) is 14.0 Å². The molecule has 0 N–H and O–H groups in total. The van der Waals surface area contributed by atoms with E-state index in [9.17, 15) is 4.79 Å². The predicted octanol–water partition coefficient (Wildman–Crippen LogP) is 4.05. The molecule has 0 unspecified atom stereocenters. The lowest BCUT2D eigenvalue weighted by Gasteiger charge is -2.36. The number of cyclic esters (lactones) is 1. The Labute approximate surface area is 118 Å². The van der Waals surface area contributed by atoms with Crippen LogP contribution in [0.4, 0.5) is 0 Å². The lowest BCUT2D eigenvalue weighted by molar-refractivity contribution is -0.134. The van der Waals surface area contributed by atoms with Crippen molar-refractivity contribution in [3.8, 4) is 0 Å². The Morgan fingerprint density at radius 1 is 1.26 bits per heavy atom. The lowest BCUT2D eigenvalue weighted by Crippen LogP contribution is -2.40. The molecule has 0 amide bonds. The van der Waals surface area contributed by atoms with Crippen LogP contribution in [0.3, 0.4) is 0 Å². The fourth-order valence-corrected chi connectivity index (χ4v) is 2.82. The van der Waals surface area contributed by atoms with Crippen LogP contribution < -0.4 is 0 Å². The van der Waals surface area contributed by atoms with Crippen molar-refractivity contribution in [3.05, 3.63) is 11.6 Å². The van der Waals surface area contributed by atoms with E-state index in [1.165, 1.54) is 0 Å². The maximum Gasteiger partial charge on any atom is 0.331 e. The minimum absolute atomic E-state index is 0.184. The molecule has 0 spiro atoms. The summed E-state index contributed by atoms with van der Waals surface area (Å²) in [6.45, 7) is 12.7. The molecule has 0 saturated heterocycles. The van der Waals surface area contributed by atoms with Crippen LogP contribution in [0.1, 0.15) is 46.5 Å². The van der Waals surface area contributed by atoms with E-state index in [0.29, 0.717) is 11.6 Å². The number of hydrogen-bond acceptors (Lipinski definition) is 3. The summed E-state index contributed by atoms with van der Waals surface area (Å²) in [6, 6.07) is 0. The first-order valence-electron chi connectivity index (χ1n) is 7.22. The number of carbonyl (C=O) groups excluding carboxylic acids is 1. The summed E-state index contributed by atoms with van der Waals surface area (Å²) in [4.78, 5) is 10.9. The number of unbranched alkanes of at least 4 members (excludes halogenated alkanes) is 2. The molecule has 0 aromatic carbocycles. The van der Waals surface area contributed by atoms with Crippen molar-refractivity contribution < 1.29 is 14.0 Å². The minimum Gasteiger partial charge on any atom is -0.458 e. The molecule has 1 rings (SSSR count). The van der Waals surface area contributed by atoms with Gasteiger partial charge < -0.3 is 9.16 Å². The van der Waals surface area contributed by atoms with Gasteiger partial charge >= 0.3 is 5.97 Å². The van der Waals surface area contributed by atoms with Crippen LogP contribution in [0, 0.1) is 0 Å². The standard InChI is InChI=1S/C15H28O3Si/c1-15(2,3)19(4,5)18-10-8-6-7-9-13-11-14(16)17-12-13/h11H,6-10,12H2,1-5H3. The zero-order valence-electron chi connectivity index (χ0n) is 13.0. The average molecular weight is 284 g/mol. The largest absolute Gasteiger partial charge is 0.458 e. The van der Waals surface area contributed by atoms with Gasteiger partial charge in [0.2, 0.25) is 0 Å². The number of hydrogen-bond donors (Lipinski definition) is 0. The summed E-state index contributed by atoms with van der Waals surface area (Å²) < 4.78 is 11.0. The molecule has 3 nitrogen and oxygen atoms in total. The normalized spacial score (nSPS) is 16.5. The van der Waals surface area contributed by atoms with E-state index in [1.807, 2.05) is 0 Å². The van der Waals surface area contributed by atoms with Gasteiger partial charge in [0.1, 0.15) is 6.61 Å². The molecular weight excluding hydrogens is 256 g/mol. The fourth-order valence-electron chi connectivity index (χ4n) is 1.73. The van der Waals surface area contributed by atoms with Crippen LogP contribution in [0.25, 0.3) is 0 Å². The van der Waals surface area contributed by atoms with Crippen molar-refractivity contribution in [2.75, 3.05) is 13.2 Å². The van der Waals surface area contributed by atoms with E-state index in [1.54, 1.807) is 6.08 Å². The van der Waals surface area contributed by atoms with Crippen molar-refractivity contribution in [2.24, 2.45) is 0 Å². The molecule has 0 atom stereocenters. The zero-order chi connectivity index (χ0) is 14.5. The third kappa shape index (κ3) is 5.49. The summed E-state index contributed by atoms with van der Waals surface area (Å²) in [5.41, 5.74) is 1.13. The van der Waals surface area contributed by atoms with E-state index < -0.39 is 8.32 Å². The molecule has 1 aliphatic rings. The Hall–Kier alpha value is -0.613. The Morgan fingerprint density at radius 2 is 1.95 bits per heavy atom. The second-order valence-electron chi connectivity index (χ2n) is 6.83. The van der Waals surface area contributed by atoms with Gasteiger partial charge in [-0.1, -0.05) is 27.2 Å². The highest BCUT2D eigenvalue weighted by Gasteiger charge is 2.36. The SMILES string of the molecule is CC(C)(C)[Si](C)(C)OCCCCCC1=CC(=O)OC1. The van der Waals surface area contributed by atoms with Gasteiger partial charge in [0.05, 0.1) is 0 Å². The second-order valence-corrected chi connectivity index (χ2v) is 11.6. The van der Waals surface area contributed by atoms with E-state index in [-0.39, 0.29) is 5.97 Å². The van der Waals surface area contributed by atoms with Crippen molar-refractivity contribution in [1.82, 2.24) is 0 Å². The highest BCUT2D eigenvalue weighted by Crippen LogP contribution is 2.36. The molecule has 0 aromatic rings. The van der Waals surface area contributed by atoms with Gasteiger partial charge in [0.15, 0.2) is 8.32 Å². The van der Waals surface area contributed by atoms with E-state index in [2.05, 4.69) is 33.9 Å². The average Bonchev–Trinajstić information content (AvgIpc) is 2.67. The first kappa shape index (κ1) is 16.4. The van der Waals surface area contributed by atoms with Crippen molar-refractivity contribution >= 4 is 14.3 Å². The minimum atomic E-state index is -1.58. The molecule has 0 aliphatic carbocycles. The molecule has 0 bridgehead atoms. The molecule has 0 radical (unpaired) electrons. The van der Waals surface area contributed by atoms with Crippen LogP contribution >= 0.6 is 0 Å². The molecule has 1 heterocycles. The zero-order valence-corrected chi connectivity index (χ0v) is 14.0. The van der Waals surface area contributed by atoms with Gasteiger partial charge in [-0.05, 0) is 43.0 Å². The van der Waals surface area contributed by atoms with Crippen molar-refractivity contribution in [3.63, 3.8) is 0 Å². The lowest BCUT2D eigenvalue weighted by atomic mass is 10.1. The van der Waals surface area contributed by atoms with E-state index >= 15 is 0 Å². The fraction of sp³-hybridized carbons (Fsp3) is 0.800. The molecule has 0 fully saturated rings. The van der Waals surface area contributed by atoms with Crippen molar-refractivity contribution in [1.29, 1.82) is 0 Å². The quantitative estimate of drug-likeness (QED) is 0.402. The van der Waals surface area contributed by atoms with Gasteiger partial charge in [-0.25, -0.2) is 4.79 Å². The number of esters is 1. The Kier molecular flexibility index (Phi) is 5.80. The van der Waals surface area contributed by atoms with Crippen molar-refractivity contribution in [2.45, 2.75) is 64.6 Å². The number of carbonyl (C=O) groups is 1. The highest BCUT2D eigenvalue weighted by molar-refractivity contribution is 6.74. The molecule has 110 valence electrons. The number of ether oxygens (including phenoxy) is 1. The predicted molar refractivity (Wildman–Crippen MR) is 80.7 cm³/mol. The third-order valence-electron chi connectivity index (χ3n) is 4.13. The van der Waals surface area contributed by atoms with Gasteiger partial charge in [-0.15, -0.1) is 0 Å². The Morgan fingerprint density at radius 3 is 2.47 bits per heavy atom. The summed E-state index contributed by atoms with van der Waals surface area (Å²) >= 11 is 0. The van der Waals surface area contributed by atoms with Crippen LogP contribution in [-0.4, -0.2) is 27.5 Å². The van der Waals surface area contributed by atoms with Gasteiger partial charge in [0, 0.05) is 12.7 Å². The highest BCUT2D eigenvalue weighted by atomic mass is 28.4. The van der Waals surface area contributed by atoms with E-state index in [4.69, 9.17) is 9.16 Å². The molecule has 0 saturated carbocycles. The van der Waals surface area contributed by atoms with Gasteiger partial charge in [0.25, 0.3) is 0 Å². The van der Waals surface area contributed by atoms with Gasteiger partial charge in [-0.3, -0.25) is 0 Å². The third-order valence-corrected chi connectivity index (χ3v) is 8.67. The van der Waals surface area contributed by atoms with E-state index in [0.717, 1.165) is 37.9 Å². The van der Waals surface area contributed by atoms with Crippen LogP contribution in [0.5, 0.6) is 0 Å². The summed E-state index contributed by atoms with van der Waals surface area (Å²) in [6.07, 6.45) is 5.98. The first-order valence-corrected chi connectivity index (χ1v) is 10.1. The topological polar surface area (TPSA) is 35.5 Å². The maximum absolute atomic E-state index is 10.9.